The molecule has 4 atom stereocenters. The predicted molar refractivity (Wildman–Crippen MR) is 89.5 cm³/mol. The maximum absolute atomic E-state index is 12.2. The Morgan fingerprint density at radius 3 is 1.83 bits per heavy atom. The minimum atomic E-state index is -0.679. The van der Waals surface area contributed by atoms with Gasteiger partial charge in [0.05, 0.1) is 0 Å². The van der Waals surface area contributed by atoms with E-state index in [0.29, 0.717) is 19.8 Å². The van der Waals surface area contributed by atoms with Crippen molar-refractivity contribution in [2.75, 3.05) is 19.8 Å². The fourth-order valence-electron chi connectivity index (χ4n) is 2.55. The van der Waals surface area contributed by atoms with Crippen LogP contribution in [0.5, 0.6) is 0 Å². The molecule has 1 rings (SSSR count). The van der Waals surface area contributed by atoms with Gasteiger partial charge < -0.3 is 18.9 Å². The lowest BCUT2D eigenvalue weighted by atomic mass is 9.99. The molecule has 1 aliphatic heterocycles. The third kappa shape index (κ3) is 6.77. The number of cyclic esters (lactones) is 1. The van der Waals surface area contributed by atoms with Crippen molar-refractivity contribution >= 4 is 5.97 Å². The van der Waals surface area contributed by atoms with E-state index in [0.717, 1.165) is 38.5 Å². The van der Waals surface area contributed by atoms with Gasteiger partial charge in [0.15, 0.2) is 6.10 Å². The maximum Gasteiger partial charge on any atom is 0.338 e. The topological polar surface area (TPSA) is 54.0 Å². The molecule has 136 valence electrons. The first-order chi connectivity index (χ1) is 11.2. The summed E-state index contributed by atoms with van der Waals surface area (Å²) in [6.45, 7) is 10.0. The van der Waals surface area contributed by atoms with E-state index in [1.807, 2.05) is 6.92 Å². The number of rotatable bonds is 12. The summed E-state index contributed by atoms with van der Waals surface area (Å²) >= 11 is 0. The summed E-state index contributed by atoms with van der Waals surface area (Å²) in [5.74, 6) is -0.328. The lowest BCUT2D eigenvalue weighted by Crippen LogP contribution is -2.58. The van der Waals surface area contributed by atoms with E-state index in [-0.39, 0.29) is 24.3 Å². The van der Waals surface area contributed by atoms with Crippen molar-refractivity contribution in [1.82, 2.24) is 0 Å². The van der Waals surface area contributed by atoms with Gasteiger partial charge in [0.2, 0.25) is 0 Å². The van der Waals surface area contributed by atoms with E-state index in [1.54, 1.807) is 0 Å². The first kappa shape index (κ1) is 20.4. The van der Waals surface area contributed by atoms with Crippen LogP contribution in [-0.2, 0) is 23.7 Å². The molecule has 0 aromatic rings. The molecule has 0 N–H and O–H groups in total. The van der Waals surface area contributed by atoms with Crippen LogP contribution >= 0.6 is 0 Å². The number of ether oxygens (including phenoxy) is 4. The smallest absolute Gasteiger partial charge is 0.338 e. The van der Waals surface area contributed by atoms with Crippen LogP contribution < -0.4 is 0 Å². The number of hydrogen-bond donors (Lipinski definition) is 0. The second-order valence-corrected chi connectivity index (χ2v) is 6.16. The number of hydrogen-bond acceptors (Lipinski definition) is 5. The summed E-state index contributed by atoms with van der Waals surface area (Å²) in [5, 5.41) is 0. The van der Waals surface area contributed by atoms with Crippen LogP contribution in [-0.4, -0.2) is 50.2 Å². The zero-order chi connectivity index (χ0) is 17.1. The van der Waals surface area contributed by atoms with Crippen molar-refractivity contribution in [3.8, 4) is 0 Å². The standard InChI is InChI=1S/C18H34O5/c1-5-8-11-20-15-14(4)23-18(19)17(22-13-10-7-3)16(15)21-12-9-6-2/h14-17H,5-13H2,1-4H3/t14-,15+,16+,17-/m0/s1. The second kappa shape index (κ2) is 11.8. The summed E-state index contributed by atoms with van der Waals surface area (Å²) in [7, 11) is 0. The van der Waals surface area contributed by atoms with E-state index in [4.69, 9.17) is 18.9 Å². The molecule has 0 unspecified atom stereocenters. The van der Waals surface area contributed by atoms with Crippen LogP contribution in [0.2, 0.25) is 0 Å². The number of carbonyl (C=O) groups is 1. The van der Waals surface area contributed by atoms with E-state index >= 15 is 0 Å². The molecule has 1 aliphatic rings. The van der Waals surface area contributed by atoms with Gasteiger partial charge in [0.1, 0.15) is 18.3 Å². The Hall–Kier alpha value is -0.650. The molecule has 0 aromatic heterocycles. The van der Waals surface area contributed by atoms with Crippen LogP contribution in [0.25, 0.3) is 0 Å². The maximum atomic E-state index is 12.2. The average Bonchev–Trinajstić information content (AvgIpc) is 2.53. The molecule has 0 amide bonds. The van der Waals surface area contributed by atoms with Crippen molar-refractivity contribution < 1.29 is 23.7 Å². The van der Waals surface area contributed by atoms with Crippen LogP contribution in [0, 0.1) is 0 Å². The number of unbranched alkanes of at least 4 members (excludes halogenated alkanes) is 3. The van der Waals surface area contributed by atoms with E-state index in [9.17, 15) is 4.79 Å². The molecule has 0 bridgehead atoms. The molecule has 1 saturated heterocycles. The first-order valence-electron chi connectivity index (χ1n) is 9.20. The summed E-state index contributed by atoms with van der Waals surface area (Å²) in [6, 6.07) is 0. The Morgan fingerprint density at radius 2 is 1.30 bits per heavy atom. The van der Waals surface area contributed by atoms with Crippen molar-refractivity contribution in [3.63, 3.8) is 0 Å². The fraction of sp³-hybridized carbons (Fsp3) is 0.944. The Labute approximate surface area is 141 Å². The number of esters is 1. The Bertz CT molecular complexity index is 321. The molecular weight excluding hydrogens is 296 g/mol. The highest BCUT2D eigenvalue weighted by molar-refractivity contribution is 5.76. The third-order valence-electron chi connectivity index (χ3n) is 4.03. The summed E-state index contributed by atoms with van der Waals surface area (Å²) < 4.78 is 23.2. The summed E-state index contributed by atoms with van der Waals surface area (Å²) in [5.41, 5.74) is 0. The minimum Gasteiger partial charge on any atom is -0.458 e. The second-order valence-electron chi connectivity index (χ2n) is 6.16. The Kier molecular flexibility index (Phi) is 10.5. The quantitative estimate of drug-likeness (QED) is 0.405. The Morgan fingerprint density at radius 1 is 0.826 bits per heavy atom. The summed E-state index contributed by atoms with van der Waals surface area (Å²) in [4.78, 5) is 12.2. The van der Waals surface area contributed by atoms with Gasteiger partial charge in [-0.1, -0.05) is 40.0 Å². The molecule has 1 fully saturated rings. The predicted octanol–water partition coefficient (Wildman–Crippen LogP) is 3.49. The van der Waals surface area contributed by atoms with Crippen molar-refractivity contribution in [2.24, 2.45) is 0 Å². The largest absolute Gasteiger partial charge is 0.458 e. The highest BCUT2D eigenvalue weighted by Gasteiger charge is 2.46. The van der Waals surface area contributed by atoms with Gasteiger partial charge in [0, 0.05) is 19.8 Å². The Balaban J connectivity index is 2.73. The lowest BCUT2D eigenvalue weighted by molar-refractivity contribution is -0.225. The fourth-order valence-corrected chi connectivity index (χ4v) is 2.55. The molecule has 0 aromatic carbocycles. The van der Waals surface area contributed by atoms with Crippen LogP contribution in [0.3, 0.4) is 0 Å². The molecular formula is C18H34O5. The minimum absolute atomic E-state index is 0.261. The normalized spacial score (nSPS) is 27.9. The zero-order valence-corrected chi connectivity index (χ0v) is 15.2. The molecule has 5 heteroatoms. The number of carbonyl (C=O) groups excluding carboxylic acids is 1. The van der Waals surface area contributed by atoms with Gasteiger partial charge in [-0.15, -0.1) is 0 Å². The van der Waals surface area contributed by atoms with Gasteiger partial charge in [-0.05, 0) is 26.2 Å². The van der Waals surface area contributed by atoms with Gasteiger partial charge in [-0.25, -0.2) is 4.79 Å². The highest BCUT2D eigenvalue weighted by Crippen LogP contribution is 2.25. The molecule has 1 heterocycles. The monoisotopic (exact) mass is 330 g/mol. The van der Waals surface area contributed by atoms with Gasteiger partial charge >= 0.3 is 5.97 Å². The summed E-state index contributed by atoms with van der Waals surface area (Å²) in [6.07, 6.45) is 4.38. The van der Waals surface area contributed by atoms with Crippen molar-refractivity contribution in [3.05, 3.63) is 0 Å². The zero-order valence-electron chi connectivity index (χ0n) is 15.2. The average molecular weight is 330 g/mol. The van der Waals surface area contributed by atoms with Crippen LogP contribution in [0.1, 0.15) is 66.2 Å². The molecule has 23 heavy (non-hydrogen) atoms. The van der Waals surface area contributed by atoms with E-state index in [1.165, 1.54) is 0 Å². The molecule has 0 spiro atoms. The molecule has 0 aliphatic carbocycles. The third-order valence-corrected chi connectivity index (χ3v) is 4.03. The molecule has 0 radical (unpaired) electrons. The highest BCUT2D eigenvalue weighted by atomic mass is 16.6. The molecule has 0 saturated carbocycles. The first-order valence-corrected chi connectivity index (χ1v) is 9.20. The van der Waals surface area contributed by atoms with Gasteiger partial charge in [-0.2, -0.15) is 0 Å². The van der Waals surface area contributed by atoms with Crippen LogP contribution in [0.4, 0.5) is 0 Å². The molecule has 5 nitrogen and oxygen atoms in total. The van der Waals surface area contributed by atoms with Crippen molar-refractivity contribution in [1.29, 1.82) is 0 Å². The van der Waals surface area contributed by atoms with Crippen LogP contribution in [0.15, 0.2) is 0 Å². The van der Waals surface area contributed by atoms with Gasteiger partial charge in [0.25, 0.3) is 0 Å². The lowest BCUT2D eigenvalue weighted by Gasteiger charge is -2.39. The van der Waals surface area contributed by atoms with E-state index < -0.39 is 6.10 Å². The SMILES string of the molecule is CCCCO[C@@H]1[C@H](OCCCC)[C@H](C)OC(=O)[C@H]1OCCCC. The van der Waals surface area contributed by atoms with Gasteiger partial charge in [-0.3, -0.25) is 0 Å². The van der Waals surface area contributed by atoms with E-state index in [2.05, 4.69) is 20.8 Å². The van der Waals surface area contributed by atoms with Crippen molar-refractivity contribution in [2.45, 2.75) is 90.6 Å².